The molecular formula is C19H16BrClN2O3. The van der Waals surface area contributed by atoms with E-state index in [-0.39, 0.29) is 11.8 Å². The summed E-state index contributed by atoms with van der Waals surface area (Å²) in [6, 6.07) is 11.5. The third kappa shape index (κ3) is 3.92. The number of urea groups is 1. The van der Waals surface area contributed by atoms with Gasteiger partial charge < -0.3 is 10.1 Å². The van der Waals surface area contributed by atoms with E-state index in [2.05, 4.69) is 21.2 Å². The molecule has 0 bridgehead atoms. The number of nitrogens with zero attached hydrogens (tertiary/aromatic N) is 1. The first kappa shape index (κ1) is 18.5. The highest BCUT2D eigenvalue weighted by molar-refractivity contribution is 9.10. The van der Waals surface area contributed by atoms with Gasteiger partial charge in [-0.25, -0.2) is 9.69 Å². The number of anilines is 1. The van der Waals surface area contributed by atoms with E-state index in [0.29, 0.717) is 16.5 Å². The molecule has 1 N–H and O–H groups in total. The summed E-state index contributed by atoms with van der Waals surface area (Å²) in [4.78, 5) is 25.9. The zero-order valence-corrected chi connectivity index (χ0v) is 16.5. The molecule has 1 aliphatic rings. The lowest BCUT2D eigenvalue weighted by atomic mass is 10.2. The molecule has 0 radical (unpaired) electrons. The molecule has 0 aromatic heterocycles. The van der Waals surface area contributed by atoms with Gasteiger partial charge in [-0.15, -0.1) is 0 Å². The van der Waals surface area contributed by atoms with Crippen LogP contribution in [0.15, 0.2) is 52.6 Å². The average Bonchev–Trinajstić information content (AvgIpc) is 2.83. The minimum Gasteiger partial charge on any atom is -0.490 e. The van der Waals surface area contributed by atoms with E-state index in [4.69, 9.17) is 16.3 Å². The molecule has 3 rings (SSSR count). The third-order valence-electron chi connectivity index (χ3n) is 3.57. The van der Waals surface area contributed by atoms with Gasteiger partial charge in [-0.2, -0.15) is 0 Å². The summed E-state index contributed by atoms with van der Waals surface area (Å²) in [5.74, 6) is 0.278. The Morgan fingerprint density at radius 3 is 2.62 bits per heavy atom. The second kappa shape index (κ2) is 7.51. The molecule has 1 fully saturated rings. The molecule has 2 aromatic rings. The summed E-state index contributed by atoms with van der Waals surface area (Å²) >= 11 is 9.41. The number of rotatable bonds is 4. The van der Waals surface area contributed by atoms with Crippen molar-refractivity contribution in [2.45, 2.75) is 20.0 Å². The van der Waals surface area contributed by atoms with Crippen molar-refractivity contribution in [2.24, 2.45) is 0 Å². The topological polar surface area (TPSA) is 58.6 Å². The average molecular weight is 436 g/mol. The molecule has 0 unspecified atom stereocenters. The maximum atomic E-state index is 12.6. The van der Waals surface area contributed by atoms with E-state index in [0.717, 1.165) is 14.9 Å². The predicted octanol–water partition coefficient (Wildman–Crippen LogP) is 4.99. The molecule has 2 aromatic carbocycles. The minimum atomic E-state index is -0.512. The fraction of sp³-hybridized carbons (Fsp3) is 0.158. The van der Waals surface area contributed by atoms with Crippen LogP contribution in [-0.4, -0.2) is 18.0 Å². The molecule has 0 saturated carbocycles. The maximum Gasteiger partial charge on any atom is 0.333 e. The van der Waals surface area contributed by atoms with Gasteiger partial charge in [0.2, 0.25) is 0 Å². The summed E-state index contributed by atoms with van der Waals surface area (Å²) < 4.78 is 6.44. The lowest BCUT2D eigenvalue weighted by Gasteiger charge is -2.12. The van der Waals surface area contributed by atoms with Crippen LogP contribution in [0.25, 0.3) is 6.08 Å². The van der Waals surface area contributed by atoms with Crippen LogP contribution >= 0.6 is 27.5 Å². The number of imide groups is 1. The van der Waals surface area contributed by atoms with Gasteiger partial charge in [0.05, 0.1) is 16.3 Å². The molecule has 0 aliphatic carbocycles. The Balaban J connectivity index is 1.87. The highest BCUT2D eigenvalue weighted by Gasteiger charge is 2.34. The van der Waals surface area contributed by atoms with Crippen LogP contribution in [-0.2, 0) is 4.79 Å². The summed E-state index contributed by atoms with van der Waals surface area (Å²) in [7, 11) is 0. The normalized spacial score (nSPS) is 15.7. The van der Waals surface area contributed by atoms with Gasteiger partial charge in [-0.3, -0.25) is 4.79 Å². The maximum absolute atomic E-state index is 12.6. The van der Waals surface area contributed by atoms with Crippen molar-refractivity contribution in [3.8, 4) is 5.75 Å². The molecular weight excluding hydrogens is 420 g/mol. The Hall–Kier alpha value is -2.31. The van der Waals surface area contributed by atoms with Gasteiger partial charge >= 0.3 is 6.03 Å². The van der Waals surface area contributed by atoms with Crippen LogP contribution in [0.3, 0.4) is 0 Å². The van der Waals surface area contributed by atoms with Crippen molar-refractivity contribution in [1.82, 2.24) is 5.32 Å². The van der Waals surface area contributed by atoms with Crippen LogP contribution in [0.1, 0.15) is 19.4 Å². The number of hydrogen-bond donors (Lipinski definition) is 1. The molecule has 3 amide bonds. The largest absolute Gasteiger partial charge is 0.490 e. The minimum absolute atomic E-state index is 0.0532. The van der Waals surface area contributed by atoms with Gasteiger partial charge in [0.15, 0.2) is 0 Å². The number of amides is 3. The van der Waals surface area contributed by atoms with E-state index in [1.165, 1.54) is 0 Å². The smallest absolute Gasteiger partial charge is 0.333 e. The Morgan fingerprint density at radius 1 is 1.19 bits per heavy atom. The first-order chi connectivity index (χ1) is 12.3. The lowest BCUT2D eigenvalue weighted by molar-refractivity contribution is -0.113. The van der Waals surface area contributed by atoms with E-state index in [9.17, 15) is 9.59 Å². The van der Waals surface area contributed by atoms with Crippen molar-refractivity contribution >= 4 is 51.2 Å². The van der Waals surface area contributed by atoms with E-state index in [1.54, 1.807) is 30.3 Å². The Morgan fingerprint density at radius 2 is 1.96 bits per heavy atom. The van der Waals surface area contributed by atoms with Crippen LogP contribution in [0.5, 0.6) is 5.75 Å². The zero-order chi connectivity index (χ0) is 18.8. The number of nitrogens with one attached hydrogen (secondary N) is 1. The number of ether oxygens (including phenoxy) is 1. The van der Waals surface area contributed by atoms with E-state index >= 15 is 0 Å². The zero-order valence-electron chi connectivity index (χ0n) is 14.1. The number of halogens is 2. The number of carbonyl (C=O) groups is 2. The van der Waals surface area contributed by atoms with E-state index in [1.807, 2.05) is 32.0 Å². The van der Waals surface area contributed by atoms with Crippen molar-refractivity contribution in [2.75, 3.05) is 4.90 Å². The monoisotopic (exact) mass is 434 g/mol. The van der Waals surface area contributed by atoms with Gasteiger partial charge in [0.1, 0.15) is 11.4 Å². The summed E-state index contributed by atoms with van der Waals surface area (Å²) in [6.45, 7) is 3.89. The molecule has 0 spiro atoms. The molecule has 1 heterocycles. The van der Waals surface area contributed by atoms with Gasteiger partial charge in [0, 0.05) is 5.02 Å². The van der Waals surface area contributed by atoms with Crippen LogP contribution < -0.4 is 15.0 Å². The van der Waals surface area contributed by atoms with Crippen LogP contribution in [0.2, 0.25) is 5.02 Å². The molecule has 1 aliphatic heterocycles. The van der Waals surface area contributed by atoms with E-state index < -0.39 is 11.9 Å². The Kier molecular flexibility index (Phi) is 5.34. The first-order valence-corrected chi connectivity index (χ1v) is 9.11. The lowest BCUT2D eigenvalue weighted by Crippen LogP contribution is -2.30. The predicted molar refractivity (Wildman–Crippen MR) is 105 cm³/mol. The quantitative estimate of drug-likeness (QED) is 0.544. The first-order valence-electron chi connectivity index (χ1n) is 7.94. The number of hydrogen-bond acceptors (Lipinski definition) is 3. The number of carbonyl (C=O) groups excluding carboxylic acids is 2. The molecule has 5 nitrogen and oxygen atoms in total. The molecule has 7 heteroatoms. The molecule has 0 atom stereocenters. The van der Waals surface area contributed by atoms with Crippen molar-refractivity contribution < 1.29 is 14.3 Å². The standard InChI is InChI=1S/C19H16BrClN2O3/c1-11(2)26-17-7-6-12(8-15(17)20)9-16-18(24)23(19(25)22-16)14-5-3-4-13(21)10-14/h3-11H,1-2H3,(H,22,25). The summed E-state index contributed by atoms with van der Waals surface area (Å²) in [6.07, 6.45) is 1.67. The highest BCUT2D eigenvalue weighted by Crippen LogP contribution is 2.29. The van der Waals surface area contributed by atoms with Gasteiger partial charge in [-0.1, -0.05) is 23.7 Å². The summed E-state index contributed by atoms with van der Waals surface area (Å²) in [5.41, 5.74) is 1.37. The second-order valence-corrected chi connectivity index (χ2v) is 7.26. The van der Waals surface area contributed by atoms with Gasteiger partial charge in [0.25, 0.3) is 5.91 Å². The second-order valence-electron chi connectivity index (χ2n) is 5.97. The molecule has 1 saturated heterocycles. The Bertz CT molecular complexity index is 911. The SMILES string of the molecule is CC(C)Oc1ccc(C=C2NC(=O)N(c3cccc(Cl)c3)C2=O)cc1Br. The van der Waals surface area contributed by atoms with Crippen LogP contribution in [0, 0.1) is 0 Å². The summed E-state index contributed by atoms with van der Waals surface area (Å²) in [5, 5.41) is 3.04. The molecule has 26 heavy (non-hydrogen) atoms. The Labute approximate surface area is 164 Å². The third-order valence-corrected chi connectivity index (χ3v) is 4.43. The number of benzene rings is 2. The highest BCUT2D eigenvalue weighted by atomic mass is 79.9. The van der Waals surface area contributed by atoms with Crippen molar-refractivity contribution in [3.05, 3.63) is 63.2 Å². The van der Waals surface area contributed by atoms with Crippen LogP contribution in [0.4, 0.5) is 10.5 Å². The molecule has 134 valence electrons. The fourth-order valence-corrected chi connectivity index (χ4v) is 3.18. The van der Waals surface area contributed by atoms with Crippen molar-refractivity contribution in [3.63, 3.8) is 0 Å². The van der Waals surface area contributed by atoms with Crippen molar-refractivity contribution in [1.29, 1.82) is 0 Å². The van der Waals surface area contributed by atoms with Gasteiger partial charge in [-0.05, 0) is 71.7 Å². The fourth-order valence-electron chi connectivity index (χ4n) is 2.51.